The molecule has 0 radical (unpaired) electrons. The van der Waals surface area contributed by atoms with Gasteiger partial charge in [0.25, 0.3) is 5.69 Å². The zero-order valence-electron chi connectivity index (χ0n) is 13.7. The van der Waals surface area contributed by atoms with Crippen molar-refractivity contribution in [2.24, 2.45) is 0 Å². The van der Waals surface area contributed by atoms with Crippen LogP contribution in [0.25, 0.3) is 0 Å². The van der Waals surface area contributed by atoms with Gasteiger partial charge in [0, 0.05) is 30.1 Å². The summed E-state index contributed by atoms with van der Waals surface area (Å²) in [5.41, 5.74) is 1.15. The van der Waals surface area contributed by atoms with Crippen LogP contribution in [0.15, 0.2) is 43.0 Å². The van der Waals surface area contributed by atoms with E-state index in [0.717, 1.165) is 10.4 Å². The number of carbonyl (C=O) groups excluding carboxylic acids is 1. The highest BCUT2D eigenvalue weighted by Gasteiger charge is 2.14. The number of amides is 1. The van der Waals surface area contributed by atoms with E-state index >= 15 is 0 Å². The lowest BCUT2D eigenvalue weighted by Crippen LogP contribution is -2.33. The fourth-order valence-electron chi connectivity index (χ4n) is 2.28. The Morgan fingerprint density at radius 2 is 2.20 bits per heavy atom. The van der Waals surface area contributed by atoms with Crippen LogP contribution in [0, 0.1) is 17.0 Å². The number of nitrogens with zero attached hydrogens (tertiary/aromatic N) is 2. The Hall–Kier alpha value is -2.22. The van der Waals surface area contributed by atoms with E-state index in [1.54, 1.807) is 19.1 Å². The van der Waals surface area contributed by atoms with Crippen LogP contribution in [-0.2, 0) is 11.3 Å². The van der Waals surface area contributed by atoms with Crippen molar-refractivity contribution in [2.75, 3.05) is 18.4 Å². The molecule has 0 aliphatic heterocycles. The van der Waals surface area contributed by atoms with E-state index in [2.05, 4.69) is 11.9 Å². The summed E-state index contributed by atoms with van der Waals surface area (Å²) >= 11 is 7.40. The number of nitro groups is 1. The van der Waals surface area contributed by atoms with Gasteiger partial charge < -0.3 is 5.32 Å². The lowest BCUT2D eigenvalue weighted by molar-refractivity contribution is -0.384. The maximum Gasteiger partial charge on any atom is 0.271 e. The number of anilines is 1. The third-order valence-corrected chi connectivity index (χ3v) is 4.68. The van der Waals surface area contributed by atoms with E-state index in [1.807, 2.05) is 17.0 Å². The van der Waals surface area contributed by atoms with E-state index in [4.69, 9.17) is 11.6 Å². The first-order valence-corrected chi connectivity index (χ1v) is 8.71. The number of benzene rings is 1. The fourth-order valence-corrected chi connectivity index (χ4v) is 3.41. The van der Waals surface area contributed by atoms with Gasteiger partial charge in [-0.15, -0.1) is 17.9 Å². The summed E-state index contributed by atoms with van der Waals surface area (Å²) in [6.07, 6.45) is 1.72. The van der Waals surface area contributed by atoms with Crippen LogP contribution in [0.5, 0.6) is 0 Å². The predicted octanol–water partition coefficient (Wildman–Crippen LogP) is 4.24. The standard InChI is InChI=1S/C17H18ClN3O3S/c1-3-8-20(10-14-6-7-16(18)25-14)11-17(22)19-15-9-13(21(23)24)5-4-12(15)2/h3-7,9H,1,8,10-11H2,2H3,(H,19,22). The second-order valence-electron chi connectivity index (χ2n) is 5.47. The molecule has 1 aromatic heterocycles. The Kier molecular flexibility index (Phi) is 6.69. The van der Waals surface area contributed by atoms with Gasteiger partial charge >= 0.3 is 0 Å². The Morgan fingerprint density at radius 1 is 1.44 bits per heavy atom. The van der Waals surface area contributed by atoms with Crippen molar-refractivity contribution in [1.82, 2.24) is 4.90 Å². The lowest BCUT2D eigenvalue weighted by Gasteiger charge is -2.19. The van der Waals surface area contributed by atoms with Gasteiger partial charge in [0.15, 0.2) is 0 Å². The maximum atomic E-state index is 12.3. The number of hydrogen-bond donors (Lipinski definition) is 1. The number of thiophene rings is 1. The predicted molar refractivity (Wildman–Crippen MR) is 101 cm³/mol. The average Bonchev–Trinajstić information content (AvgIpc) is 2.94. The molecule has 0 aliphatic rings. The van der Waals surface area contributed by atoms with E-state index in [-0.39, 0.29) is 18.1 Å². The number of non-ortho nitro benzene ring substituents is 1. The first-order chi connectivity index (χ1) is 11.9. The number of carbonyl (C=O) groups is 1. The van der Waals surface area contributed by atoms with Crippen molar-refractivity contribution in [3.05, 3.63) is 67.9 Å². The molecule has 1 N–H and O–H groups in total. The van der Waals surface area contributed by atoms with Crippen LogP contribution < -0.4 is 5.32 Å². The van der Waals surface area contributed by atoms with Gasteiger partial charge in [0.1, 0.15) is 0 Å². The zero-order valence-corrected chi connectivity index (χ0v) is 15.3. The van der Waals surface area contributed by atoms with Gasteiger partial charge in [-0.2, -0.15) is 0 Å². The van der Waals surface area contributed by atoms with Crippen molar-refractivity contribution in [1.29, 1.82) is 0 Å². The Balaban J connectivity index is 2.04. The van der Waals surface area contributed by atoms with Crippen molar-refractivity contribution in [3.8, 4) is 0 Å². The number of hydrogen-bond acceptors (Lipinski definition) is 5. The number of rotatable bonds is 8. The summed E-state index contributed by atoms with van der Waals surface area (Å²) in [7, 11) is 0. The Bertz CT molecular complexity index is 791. The smallest absolute Gasteiger partial charge is 0.271 e. The Morgan fingerprint density at radius 3 is 2.80 bits per heavy atom. The van der Waals surface area contributed by atoms with Crippen LogP contribution >= 0.6 is 22.9 Å². The molecule has 1 aromatic carbocycles. The van der Waals surface area contributed by atoms with Gasteiger partial charge in [0.2, 0.25) is 5.91 Å². The molecule has 2 rings (SSSR count). The van der Waals surface area contributed by atoms with Crippen LogP contribution in [0.2, 0.25) is 4.34 Å². The van der Waals surface area contributed by atoms with Crippen LogP contribution in [0.4, 0.5) is 11.4 Å². The van der Waals surface area contributed by atoms with Crippen LogP contribution in [-0.4, -0.2) is 28.8 Å². The molecule has 1 heterocycles. The maximum absolute atomic E-state index is 12.3. The normalized spacial score (nSPS) is 10.7. The molecular weight excluding hydrogens is 362 g/mol. The highest BCUT2D eigenvalue weighted by atomic mass is 35.5. The van der Waals surface area contributed by atoms with E-state index in [0.29, 0.717) is 23.1 Å². The van der Waals surface area contributed by atoms with E-state index in [1.165, 1.54) is 23.5 Å². The molecular formula is C17H18ClN3O3S. The van der Waals surface area contributed by atoms with E-state index < -0.39 is 4.92 Å². The number of halogens is 1. The van der Waals surface area contributed by atoms with Crippen molar-refractivity contribution < 1.29 is 9.72 Å². The minimum atomic E-state index is -0.486. The summed E-state index contributed by atoms with van der Waals surface area (Å²) < 4.78 is 0.699. The largest absolute Gasteiger partial charge is 0.324 e. The van der Waals surface area contributed by atoms with Gasteiger partial charge in [-0.1, -0.05) is 23.7 Å². The highest BCUT2D eigenvalue weighted by Crippen LogP contribution is 2.23. The molecule has 132 valence electrons. The topological polar surface area (TPSA) is 75.5 Å². The van der Waals surface area contributed by atoms with Crippen molar-refractivity contribution >= 4 is 40.2 Å². The second kappa shape index (κ2) is 8.75. The summed E-state index contributed by atoms with van der Waals surface area (Å²) in [6.45, 7) is 6.75. The first kappa shape index (κ1) is 19.1. The summed E-state index contributed by atoms with van der Waals surface area (Å²) in [4.78, 5) is 25.7. The minimum absolute atomic E-state index is 0.0583. The average molecular weight is 380 g/mol. The second-order valence-corrected chi connectivity index (χ2v) is 7.27. The lowest BCUT2D eigenvalue weighted by atomic mass is 10.2. The molecule has 0 saturated carbocycles. The van der Waals surface area contributed by atoms with Crippen LogP contribution in [0.3, 0.4) is 0 Å². The molecule has 0 saturated heterocycles. The van der Waals surface area contributed by atoms with Crippen molar-refractivity contribution in [3.63, 3.8) is 0 Å². The Labute approximate surface area is 154 Å². The third kappa shape index (κ3) is 5.67. The summed E-state index contributed by atoms with van der Waals surface area (Å²) in [6, 6.07) is 8.13. The zero-order chi connectivity index (χ0) is 18.4. The van der Waals surface area contributed by atoms with Gasteiger partial charge in [-0.3, -0.25) is 19.8 Å². The molecule has 0 bridgehead atoms. The SMILES string of the molecule is C=CCN(CC(=O)Nc1cc([N+](=O)[O-])ccc1C)Cc1ccc(Cl)s1. The van der Waals surface area contributed by atoms with E-state index in [9.17, 15) is 14.9 Å². The summed E-state index contributed by atoms with van der Waals surface area (Å²) in [5, 5.41) is 13.6. The van der Waals surface area contributed by atoms with Crippen molar-refractivity contribution in [2.45, 2.75) is 13.5 Å². The summed E-state index contributed by atoms with van der Waals surface area (Å²) in [5.74, 6) is -0.242. The third-order valence-electron chi connectivity index (χ3n) is 3.47. The molecule has 0 unspecified atom stereocenters. The monoisotopic (exact) mass is 379 g/mol. The fraction of sp³-hybridized carbons (Fsp3) is 0.235. The molecule has 0 spiro atoms. The van der Waals surface area contributed by atoms with Gasteiger partial charge in [0.05, 0.1) is 21.5 Å². The number of nitro benzene ring substituents is 1. The van der Waals surface area contributed by atoms with Crippen LogP contribution in [0.1, 0.15) is 10.4 Å². The molecule has 1 amide bonds. The van der Waals surface area contributed by atoms with Gasteiger partial charge in [-0.05, 0) is 24.6 Å². The molecule has 2 aromatic rings. The minimum Gasteiger partial charge on any atom is -0.324 e. The molecule has 0 atom stereocenters. The van der Waals surface area contributed by atoms with Gasteiger partial charge in [-0.25, -0.2) is 0 Å². The molecule has 25 heavy (non-hydrogen) atoms. The quantitative estimate of drug-likeness (QED) is 0.422. The molecule has 6 nitrogen and oxygen atoms in total. The molecule has 0 aliphatic carbocycles. The first-order valence-electron chi connectivity index (χ1n) is 7.51. The molecule has 8 heteroatoms. The number of aryl methyl sites for hydroxylation is 1. The number of nitrogens with one attached hydrogen (secondary N) is 1. The molecule has 0 fully saturated rings. The highest BCUT2D eigenvalue weighted by molar-refractivity contribution is 7.16.